The van der Waals surface area contributed by atoms with E-state index in [0.717, 1.165) is 0 Å². The zero-order valence-electron chi connectivity index (χ0n) is 14.1. The number of nitrogens with one attached hydrogen (secondary N) is 1. The number of halogens is 1. The summed E-state index contributed by atoms with van der Waals surface area (Å²) in [6.07, 6.45) is 0. The number of hydrogen-bond donors (Lipinski definition) is 1. The Morgan fingerprint density at radius 2 is 1.69 bits per heavy atom. The third kappa shape index (κ3) is 4.05. The first-order valence-corrected chi connectivity index (χ1v) is 8.90. The van der Waals surface area contributed by atoms with Gasteiger partial charge >= 0.3 is 0 Å². The van der Waals surface area contributed by atoms with E-state index in [9.17, 15) is 8.42 Å². The average Bonchev–Trinajstić information content (AvgIpc) is 2.62. The summed E-state index contributed by atoms with van der Waals surface area (Å²) in [6, 6.07) is 6.73. The Bertz CT molecular complexity index is 974. The summed E-state index contributed by atoms with van der Waals surface area (Å²) >= 11 is 6.01. The largest absolute Gasteiger partial charge is 0.496 e. The molecular formula is C15H15ClN4O5S. The molecule has 26 heavy (non-hydrogen) atoms. The van der Waals surface area contributed by atoms with Crippen LogP contribution in [-0.4, -0.2) is 29.7 Å². The molecule has 138 valence electrons. The van der Waals surface area contributed by atoms with Gasteiger partial charge in [0.05, 0.1) is 42.6 Å². The summed E-state index contributed by atoms with van der Waals surface area (Å²) in [5, 5.41) is 3.70. The molecule has 2 aromatic carbocycles. The van der Waals surface area contributed by atoms with E-state index in [2.05, 4.69) is 14.7 Å². The van der Waals surface area contributed by atoms with Gasteiger partial charge in [0.25, 0.3) is 10.0 Å². The number of ether oxygens (including phenoxy) is 3. The van der Waals surface area contributed by atoms with Crippen LogP contribution in [0.5, 0.6) is 17.2 Å². The molecule has 9 nitrogen and oxygen atoms in total. The highest BCUT2D eigenvalue weighted by molar-refractivity contribution is 7.92. The third-order valence-electron chi connectivity index (χ3n) is 3.33. The Kier molecular flexibility index (Phi) is 6.04. The van der Waals surface area contributed by atoms with Crippen molar-refractivity contribution in [3.63, 3.8) is 0 Å². The Morgan fingerprint density at radius 1 is 1.04 bits per heavy atom. The Labute approximate surface area is 155 Å². The van der Waals surface area contributed by atoms with E-state index in [4.69, 9.17) is 31.3 Å². The minimum absolute atomic E-state index is 0.0403. The maximum absolute atomic E-state index is 12.7. The summed E-state index contributed by atoms with van der Waals surface area (Å²) in [4.78, 5) is 2.53. The predicted molar refractivity (Wildman–Crippen MR) is 97.2 cm³/mol. The van der Waals surface area contributed by atoms with E-state index in [0.29, 0.717) is 0 Å². The average molecular weight is 399 g/mol. The minimum atomic E-state index is -4.02. The highest BCUT2D eigenvalue weighted by Crippen LogP contribution is 2.37. The van der Waals surface area contributed by atoms with Gasteiger partial charge in [0.2, 0.25) is 0 Å². The zero-order chi connectivity index (χ0) is 19.3. The van der Waals surface area contributed by atoms with Crippen molar-refractivity contribution < 1.29 is 22.6 Å². The molecule has 0 saturated carbocycles. The fourth-order valence-electron chi connectivity index (χ4n) is 2.11. The van der Waals surface area contributed by atoms with Crippen LogP contribution in [0.1, 0.15) is 0 Å². The van der Waals surface area contributed by atoms with Crippen LogP contribution in [0.4, 0.5) is 11.4 Å². The molecule has 0 spiro atoms. The second-order valence-electron chi connectivity index (χ2n) is 4.82. The van der Waals surface area contributed by atoms with Gasteiger partial charge in [0.1, 0.15) is 17.2 Å². The number of nitrogens with zero attached hydrogens (tertiary/aromatic N) is 3. The lowest BCUT2D eigenvalue weighted by Crippen LogP contribution is -2.14. The highest BCUT2D eigenvalue weighted by Gasteiger charge is 2.20. The maximum atomic E-state index is 12.7. The normalized spacial score (nSPS) is 10.6. The van der Waals surface area contributed by atoms with E-state index in [-0.39, 0.29) is 38.5 Å². The second kappa shape index (κ2) is 8.05. The number of azide groups is 1. The van der Waals surface area contributed by atoms with Gasteiger partial charge in [-0.1, -0.05) is 16.7 Å². The fourth-order valence-corrected chi connectivity index (χ4v) is 3.42. The summed E-state index contributed by atoms with van der Waals surface area (Å²) in [7, 11) is 0.143. The third-order valence-corrected chi connectivity index (χ3v) is 4.99. The summed E-state index contributed by atoms with van der Waals surface area (Å²) in [5.41, 5.74) is 8.79. The van der Waals surface area contributed by atoms with Crippen molar-refractivity contribution in [2.45, 2.75) is 4.90 Å². The molecule has 0 fully saturated rings. The van der Waals surface area contributed by atoms with Crippen LogP contribution in [0.3, 0.4) is 0 Å². The number of sulfonamides is 1. The molecule has 0 saturated heterocycles. The lowest BCUT2D eigenvalue weighted by Gasteiger charge is -2.15. The number of anilines is 1. The van der Waals surface area contributed by atoms with Crippen LogP contribution < -0.4 is 18.9 Å². The van der Waals surface area contributed by atoms with E-state index < -0.39 is 10.0 Å². The Balaban J connectivity index is 2.49. The topological polar surface area (TPSA) is 123 Å². The Morgan fingerprint density at radius 3 is 2.27 bits per heavy atom. The van der Waals surface area contributed by atoms with Gasteiger partial charge in [-0.05, 0) is 23.7 Å². The maximum Gasteiger partial charge on any atom is 0.262 e. The van der Waals surface area contributed by atoms with Crippen LogP contribution >= 0.6 is 11.6 Å². The summed E-state index contributed by atoms with van der Waals surface area (Å²) in [5.74, 6) is 0.727. The van der Waals surface area contributed by atoms with Gasteiger partial charge in [0.15, 0.2) is 0 Å². The SMILES string of the molecule is COc1cc(NS(=O)(=O)c2ccc(OC)c(N=[N+]=[N-])c2)c(OC)cc1Cl. The molecule has 2 rings (SSSR count). The highest BCUT2D eigenvalue weighted by atomic mass is 35.5. The van der Waals surface area contributed by atoms with Crippen molar-refractivity contribution in [3.05, 3.63) is 45.8 Å². The molecule has 0 unspecified atom stereocenters. The van der Waals surface area contributed by atoms with E-state index in [1.807, 2.05) is 0 Å². The quantitative estimate of drug-likeness (QED) is 0.427. The van der Waals surface area contributed by atoms with Gasteiger partial charge in [-0.3, -0.25) is 4.72 Å². The van der Waals surface area contributed by atoms with E-state index in [1.54, 1.807) is 0 Å². The van der Waals surface area contributed by atoms with Crippen LogP contribution in [0, 0.1) is 0 Å². The molecular weight excluding hydrogens is 384 g/mol. The van der Waals surface area contributed by atoms with Crippen LogP contribution in [-0.2, 0) is 10.0 Å². The van der Waals surface area contributed by atoms with Crippen molar-refractivity contribution in [3.8, 4) is 17.2 Å². The first-order valence-electron chi connectivity index (χ1n) is 7.03. The van der Waals surface area contributed by atoms with Crippen LogP contribution in [0.2, 0.25) is 5.02 Å². The minimum Gasteiger partial charge on any atom is -0.496 e. The van der Waals surface area contributed by atoms with Crippen molar-refractivity contribution in [1.82, 2.24) is 0 Å². The molecule has 1 N–H and O–H groups in total. The van der Waals surface area contributed by atoms with E-state index in [1.165, 1.54) is 51.7 Å². The molecule has 0 aliphatic carbocycles. The first-order chi connectivity index (χ1) is 12.4. The number of benzene rings is 2. The second-order valence-corrected chi connectivity index (χ2v) is 6.91. The number of rotatable bonds is 7. The lowest BCUT2D eigenvalue weighted by molar-refractivity contribution is 0.405. The lowest BCUT2D eigenvalue weighted by atomic mass is 10.3. The van der Waals surface area contributed by atoms with Gasteiger partial charge in [0, 0.05) is 17.0 Å². The van der Waals surface area contributed by atoms with Gasteiger partial charge in [-0.15, -0.1) is 0 Å². The van der Waals surface area contributed by atoms with Crippen molar-refractivity contribution in [1.29, 1.82) is 0 Å². The molecule has 0 aliphatic rings. The first kappa shape index (κ1) is 19.5. The van der Waals surface area contributed by atoms with Crippen LogP contribution in [0.15, 0.2) is 40.3 Å². The molecule has 0 bridgehead atoms. The molecule has 11 heteroatoms. The molecule has 0 heterocycles. The van der Waals surface area contributed by atoms with E-state index >= 15 is 0 Å². The van der Waals surface area contributed by atoms with Crippen molar-refractivity contribution in [2.24, 2.45) is 5.11 Å². The van der Waals surface area contributed by atoms with Gasteiger partial charge in [-0.25, -0.2) is 8.42 Å². The van der Waals surface area contributed by atoms with Gasteiger partial charge in [-0.2, -0.15) is 0 Å². The molecule has 0 aromatic heterocycles. The summed E-state index contributed by atoms with van der Waals surface area (Å²) < 4.78 is 43.1. The molecule has 0 amide bonds. The molecule has 0 radical (unpaired) electrons. The van der Waals surface area contributed by atoms with Crippen molar-refractivity contribution >= 4 is 33.0 Å². The van der Waals surface area contributed by atoms with Crippen molar-refractivity contribution in [2.75, 3.05) is 26.1 Å². The van der Waals surface area contributed by atoms with Crippen LogP contribution in [0.25, 0.3) is 10.4 Å². The standard InChI is InChI=1S/C15H15ClN4O5S/c1-23-13-5-4-9(6-11(13)18-20-17)26(21,22)19-12-8-14(24-2)10(16)7-15(12)25-3/h4-8,19H,1-3H3. The predicted octanol–water partition coefficient (Wildman–Crippen LogP) is 4.11. The monoisotopic (exact) mass is 398 g/mol. The smallest absolute Gasteiger partial charge is 0.262 e. The zero-order valence-corrected chi connectivity index (χ0v) is 15.6. The summed E-state index contributed by atoms with van der Waals surface area (Å²) in [6.45, 7) is 0. The molecule has 0 aliphatic heterocycles. The number of methoxy groups -OCH3 is 3. The molecule has 0 atom stereocenters. The Hall–Kier alpha value is -2.81. The molecule has 2 aromatic rings. The van der Waals surface area contributed by atoms with Gasteiger partial charge < -0.3 is 14.2 Å². The fraction of sp³-hybridized carbons (Fsp3) is 0.200. The number of hydrogen-bond acceptors (Lipinski definition) is 6.